The van der Waals surface area contributed by atoms with Crippen molar-refractivity contribution in [3.05, 3.63) is 11.6 Å². The van der Waals surface area contributed by atoms with Crippen LogP contribution in [0.15, 0.2) is 11.6 Å². The smallest absolute Gasteiger partial charge is 0.334 e. The molecule has 0 aromatic carbocycles. The molecule has 0 spiro atoms. The van der Waals surface area contributed by atoms with Crippen molar-refractivity contribution in [2.45, 2.75) is 191 Å². The van der Waals surface area contributed by atoms with Crippen LogP contribution in [-0.2, 0) is 14.3 Å². The van der Waals surface area contributed by atoms with Crippen LogP contribution in [0.5, 0.6) is 0 Å². The molecule has 7 atom stereocenters. The average Bonchev–Trinajstić information content (AvgIpc) is 3.52. The highest BCUT2D eigenvalue weighted by Gasteiger charge is 2.30. The first kappa shape index (κ1) is 35.2. The number of carbonyl (C=O) groups excluding carboxylic acids is 1. The lowest BCUT2D eigenvalue weighted by molar-refractivity contribution is -0.139. The quantitative estimate of drug-likeness (QED) is 0.0800. The Morgan fingerprint density at radius 1 is 0.775 bits per heavy atom. The van der Waals surface area contributed by atoms with Crippen LogP contribution < -0.4 is 0 Å². The number of carbonyl (C=O) groups is 1. The number of ether oxygens (including phenoxy) is 2. The van der Waals surface area contributed by atoms with E-state index in [0.717, 1.165) is 89.9 Å². The summed E-state index contributed by atoms with van der Waals surface area (Å²) in [4.78, 5) is 11.6. The fourth-order valence-electron chi connectivity index (χ4n) is 6.06. The molecule has 0 saturated carbocycles. The van der Waals surface area contributed by atoms with E-state index in [0.29, 0.717) is 31.3 Å². The predicted octanol–water partition coefficient (Wildman–Crippen LogP) is 6.28. The van der Waals surface area contributed by atoms with Crippen molar-refractivity contribution in [2.75, 3.05) is 0 Å². The number of unbranched alkanes of at least 4 members (excludes halogenated alkanes) is 10. The molecule has 1 saturated heterocycles. The van der Waals surface area contributed by atoms with Gasteiger partial charge in [-0.1, -0.05) is 90.4 Å². The lowest BCUT2D eigenvalue weighted by Crippen LogP contribution is -2.26. The number of rotatable bonds is 24. The molecule has 2 aliphatic heterocycles. The van der Waals surface area contributed by atoms with Gasteiger partial charge in [-0.05, 0) is 57.9 Å². The lowest BCUT2D eigenvalue weighted by Gasteiger charge is -2.20. The van der Waals surface area contributed by atoms with Gasteiger partial charge in [-0.2, -0.15) is 0 Å². The van der Waals surface area contributed by atoms with Crippen LogP contribution in [0.2, 0.25) is 0 Å². The zero-order valence-electron chi connectivity index (χ0n) is 25.5. The number of cyclic esters (lactones) is 1. The summed E-state index contributed by atoms with van der Waals surface area (Å²) in [5.41, 5.74) is 0.606. The fourth-order valence-corrected chi connectivity index (χ4v) is 6.06. The minimum absolute atomic E-state index is 0.0538. The van der Waals surface area contributed by atoms with Crippen molar-refractivity contribution < 1.29 is 34.7 Å². The molecular formula is C33H60O7. The fraction of sp³-hybridized carbons (Fsp3) is 0.909. The molecule has 0 aromatic heterocycles. The highest BCUT2D eigenvalue weighted by atomic mass is 16.5. The van der Waals surface area contributed by atoms with Gasteiger partial charge in [0.1, 0.15) is 6.10 Å². The molecule has 4 N–H and O–H groups in total. The van der Waals surface area contributed by atoms with Crippen LogP contribution in [-0.4, -0.2) is 69.1 Å². The van der Waals surface area contributed by atoms with E-state index >= 15 is 0 Å². The van der Waals surface area contributed by atoms with Gasteiger partial charge in [0.05, 0.1) is 36.6 Å². The maximum atomic E-state index is 11.6. The molecule has 2 heterocycles. The standard InChI is InChI=1S/C33H60O7/c1-3-4-5-7-13-18-29(35)30(36)19-14-10-15-20-31(37)32-22-21-28(40-32)17-12-9-6-8-11-16-27(34)24-26-23-25(2)39-33(26)38/h23,25,27-32,34-37H,3-22,24H2,1-2H3/t25-,27+,28+,29-,30+,31-,32-/m0/s1. The van der Waals surface area contributed by atoms with Crippen LogP contribution in [0, 0.1) is 0 Å². The van der Waals surface area contributed by atoms with Gasteiger partial charge in [-0.15, -0.1) is 0 Å². The van der Waals surface area contributed by atoms with E-state index in [1.54, 1.807) is 6.08 Å². The van der Waals surface area contributed by atoms with Crippen LogP contribution in [0.4, 0.5) is 0 Å². The molecular weight excluding hydrogens is 508 g/mol. The SMILES string of the molecule is CCCCCCC[C@H](O)[C@H](O)CCCCC[C@H](O)[C@@H]1CC[C@@H](CCCCCCC[C@@H](O)CC2=C[C@H](C)OC2=O)O1. The Morgan fingerprint density at radius 3 is 2.00 bits per heavy atom. The topological polar surface area (TPSA) is 116 Å². The summed E-state index contributed by atoms with van der Waals surface area (Å²) in [6, 6.07) is 0. The monoisotopic (exact) mass is 568 g/mol. The normalized spacial score (nSPS) is 24.1. The second-order valence-corrected chi connectivity index (χ2v) is 12.4. The van der Waals surface area contributed by atoms with E-state index in [4.69, 9.17) is 9.47 Å². The van der Waals surface area contributed by atoms with Gasteiger partial charge in [0.2, 0.25) is 0 Å². The minimum atomic E-state index is -0.632. The highest BCUT2D eigenvalue weighted by molar-refractivity contribution is 5.90. The van der Waals surface area contributed by atoms with Crippen molar-refractivity contribution in [1.29, 1.82) is 0 Å². The Bertz CT molecular complexity index is 696. The number of hydrogen-bond donors (Lipinski definition) is 4. The van der Waals surface area contributed by atoms with E-state index in [2.05, 4.69) is 6.92 Å². The van der Waals surface area contributed by atoms with Crippen molar-refractivity contribution in [3.63, 3.8) is 0 Å². The van der Waals surface area contributed by atoms with Crippen molar-refractivity contribution in [1.82, 2.24) is 0 Å². The summed E-state index contributed by atoms with van der Waals surface area (Å²) in [5, 5.41) is 41.1. The summed E-state index contributed by atoms with van der Waals surface area (Å²) < 4.78 is 11.2. The summed E-state index contributed by atoms with van der Waals surface area (Å²) in [5.74, 6) is -0.290. The summed E-state index contributed by atoms with van der Waals surface area (Å²) in [6.45, 7) is 4.02. The molecule has 0 unspecified atom stereocenters. The zero-order valence-corrected chi connectivity index (χ0v) is 25.5. The third-order valence-corrected chi connectivity index (χ3v) is 8.63. The zero-order chi connectivity index (χ0) is 29.2. The van der Waals surface area contributed by atoms with Crippen LogP contribution in [0.3, 0.4) is 0 Å². The minimum Gasteiger partial charge on any atom is -0.455 e. The molecule has 1 fully saturated rings. The molecule has 0 bridgehead atoms. The summed E-state index contributed by atoms with van der Waals surface area (Å²) in [6.07, 6.45) is 19.8. The molecule has 40 heavy (non-hydrogen) atoms. The largest absolute Gasteiger partial charge is 0.455 e. The molecule has 7 nitrogen and oxygen atoms in total. The molecule has 0 radical (unpaired) electrons. The molecule has 2 aliphatic rings. The number of aliphatic hydroxyl groups excluding tert-OH is 4. The van der Waals surface area contributed by atoms with Gasteiger partial charge >= 0.3 is 5.97 Å². The van der Waals surface area contributed by atoms with Crippen LogP contribution in [0.25, 0.3) is 0 Å². The highest BCUT2D eigenvalue weighted by Crippen LogP contribution is 2.28. The van der Waals surface area contributed by atoms with Crippen LogP contribution in [0.1, 0.15) is 149 Å². The van der Waals surface area contributed by atoms with E-state index in [9.17, 15) is 25.2 Å². The number of esters is 1. The van der Waals surface area contributed by atoms with Gasteiger partial charge in [-0.25, -0.2) is 4.79 Å². The molecule has 7 heteroatoms. The van der Waals surface area contributed by atoms with Gasteiger partial charge in [0.15, 0.2) is 0 Å². The third kappa shape index (κ3) is 14.8. The maximum Gasteiger partial charge on any atom is 0.334 e. The third-order valence-electron chi connectivity index (χ3n) is 8.63. The molecule has 0 aromatic rings. The Hall–Kier alpha value is -0.990. The number of hydrogen-bond acceptors (Lipinski definition) is 7. The van der Waals surface area contributed by atoms with E-state index < -0.39 is 24.4 Å². The Balaban J connectivity index is 1.41. The van der Waals surface area contributed by atoms with Gasteiger partial charge in [-0.3, -0.25) is 0 Å². The Labute approximate surface area is 243 Å². The van der Waals surface area contributed by atoms with Crippen molar-refractivity contribution in [2.24, 2.45) is 0 Å². The number of aliphatic hydroxyl groups is 4. The Morgan fingerprint density at radius 2 is 1.35 bits per heavy atom. The van der Waals surface area contributed by atoms with Crippen molar-refractivity contribution >= 4 is 5.97 Å². The molecule has 0 amide bonds. The van der Waals surface area contributed by atoms with Gasteiger partial charge < -0.3 is 29.9 Å². The first-order valence-electron chi connectivity index (χ1n) is 16.6. The molecule has 0 aliphatic carbocycles. The molecule has 234 valence electrons. The van der Waals surface area contributed by atoms with Gasteiger partial charge in [0, 0.05) is 12.0 Å². The summed E-state index contributed by atoms with van der Waals surface area (Å²) >= 11 is 0. The van der Waals surface area contributed by atoms with Crippen LogP contribution >= 0.6 is 0 Å². The van der Waals surface area contributed by atoms with E-state index in [1.807, 2.05) is 6.92 Å². The molecule has 2 rings (SSSR count). The van der Waals surface area contributed by atoms with Crippen molar-refractivity contribution in [3.8, 4) is 0 Å². The predicted molar refractivity (Wildman–Crippen MR) is 159 cm³/mol. The van der Waals surface area contributed by atoms with Gasteiger partial charge in [0.25, 0.3) is 0 Å². The Kier molecular flexibility index (Phi) is 18.3. The summed E-state index contributed by atoms with van der Waals surface area (Å²) in [7, 11) is 0. The maximum absolute atomic E-state index is 11.6. The second-order valence-electron chi connectivity index (χ2n) is 12.4. The average molecular weight is 569 g/mol. The lowest BCUT2D eigenvalue weighted by atomic mass is 9.98. The second kappa shape index (κ2) is 20.8. The van der Waals surface area contributed by atoms with E-state index in [1.165, 1.54) is 19.3 Å². The first-order chi connectivity index (χ1) is 19.3. The first-order valence-corrected chi connectivity index (χ1v) is 16.6. The van der Waals surface area contributed by atoms with E-state index in [-0.39, 0.29) is 24.3 Å².